The van der Waals surface area contributed by atoms with E-state index in [1.165, 1.54) is 5.56 Å². The number of fused-ring (bicyclic) bond motifs is 1. The van der Waals surface area contributed by atoms with Gasteiger partial charge in [-0.2, -0.15) is 5.26 Å². The van der Waals surface area contributed by atoms with Crippen molar-refractivity contribution in [1.29, 1.82) is 5.26 Å². The van der Waals surface area contributed by atoms with E-state index in [9.17, 15) is 0 Å². The molecular formula is C13H12N2. The molecule has 0 radical (unpaired) electrons. The Kier molecular flexibility index (Phi) is 2.39. The topological polar surface area (TPSA) is 36.7 Å². The van der Waals surface area contributed by atoms with Crippen LogP contribution in [-0.2, 0) is 0 Å². The number of aromatic nitrogens is 1. The molecule has 0 unspecified atom stereocenters. The molecule has 0 saturated heterocycles. The molecule has 2 heteroatoms. The van der Waals surface area contributed by atoms with Crippen molar-refractivity contribution in [1.82, 2.24) is 4.98 Å². The number of rotatable bonds is 1. The van der Waals surface area contributed by atoms with E-state index in [0.29, 0.717) is 11.5 Å². The molecular weight excluding hydrogens is 184 g/mol. The first-order chi connectivity index (χ1) is 7.20. The van der Waals surface area contributed by atoms with Gasteiger partial charge < -0.3 is 0 Å². The molecule has 0 spiro atoms. The molecule has 1 heterocycles. The third-order valence-corrected chi connectivity index (χ3v) is 2.50. The van der Waals surface area contributed by atoms with E-state index in [-0.39, 0.29) is 0 Å². The van der Waals surface area contributed by atoms with E-state index in [0.717, 1.165) is 10.9 Å². The lowest BCUT2D eigenvalue weighted by Gasteiger charge is -2.05. The van der Waals surface area contributed by atoms with Gasteiger partial charge in [0.25, 0.3) is 0 Å². The van der Waals surface area contributed by atoms with Crippen LogP contribution in [-0.4, -0.2) is 4.98 Å². The van der Waals surface area contributed by atoms with Crippen LogP contribution in [0.3, 0.4) is 0 Å². The number of hydrogen-bond acceptors (Lipinski definition) is 2. The number of benzene rings is 1. The van der Waals surface area contributed by atoms with Crippen molar-refractivity contribution < 1.29 is 0 Å². The fourth-order valence-electron chi connectivity index (χ4n) is 1.53. The van der Waals surface area contributed by atoms with Crippen molar-refractivity contribution in [2.75, 3.05) is 0 Å². The molecule has 0 saturated carbocycles. The Bertz CT molecular complexity index is 536. The lowest BCUT2D eigenvalue weighted by molar-refractivity contribution is 0.862. The average Bonchev–Trinajstić information content (AvgIpc) is 2.27. The zero-order chi connectivity index (χ0) is 10.8. The van der Waals surface area contributed by atoms with E-state index in [1.807, 2.05) is 18.3 Å². The Balaban J connectivity index is 2.64. The SMILES string of the molecule is CC(C)c1cnc2ccc(C#N)cc2c1. The van der Waals surface area contributed by atoms with Gasteiger partial charge in [0.1, 0.15) is 0 Å². The minimum absolute atomic E-state index is 0.465. The Hall–Kier alpha value is -1.88. The van der Waals surface area contributed by atoms with Crippen molar-refractivity contribution in [2.24, 2.45) is 0 Å². The maximum absolute atomic E-state index is 8.81. The zero-order valence-corrected chi connectivity index (χ0v) is 8.86. The largest absolute Gasteiger partial charge is 0.256 e. The second kappa shape index (κ2) is 3.70. The molecule has 74 valence electrons. The van der Waals surface area contributed by atoms with E-state index in [1.54, 1.807) is 6.07 Å². The van der Waals surface area contributed by atoms with Gasteiger partial charge in [-0.05, 0) is 35.7 Å². The van der Waals surface area contributed by atoms with E-state index in [4.69, 9.17) is 5.26 Å². The van der Waals surface area contributed by atoms with E-state index < -0.39 is 0 Å². The number of pyridine rings is 1. The first-order valence-corrected chi connectivity index (χ1v) is 5.00. The summed E-state index contributed by atoms with van der Waals surface area (Å²) < 4.78 is 0. The second-order valence-corrected chi connectivity index (χ2v) is 3.94. The summed E-state index contributed by atoms with van der Waals surface area (Å²) in [7, 11) is 0. The maximum Gasteiger partial charge on any atom is 0.0991 e. The fraction of sp³-hybridized carbons (Fsp3) is 0.231. The lowest BCUT2D eigenvalue weighted by Crippen LogP contribution is -1.89. The molecule has 2 aromatic rings. The number of nitrogens with zero attached hydrogens (tertiary/aromatic N) is 2. The molecule has 0 amide bonds. The summed E-state index contributed by atoms with van der Waals surface area (Å²) in [6, 6.07) is 9.81. The molecule has 1 aromatic carbocycles. The summed E-state index contributed by atoms with van der Waals surface area (Å²) in [6.07, 6.45) is 1.90. The second-order valence-electron chi connectivity index (χ2n) is 3.94. The molecule has 1 aromatic heterocycles. The predicted octanol–water partition coefficient (Wildman–Crippen LogP) is 3.23. The highest BCUT2D eigenvalue weighted by Crippen LogP contribution is 2.19. The highest BCUT2D eigenvalue weighted by Gasteiger charge is 2.02. The van der Waals surface area contributed by atoms with Gasteiger partial charge >= 0.3 is 0 Å². The normalized spacial score (nSPS) is 10.5. The van der Waals surface area contributed by atoms with Gasteiger partial charge in [0.2, 0.25) is 0 Å². The number of nitriles is 1. The quantitative estimate of drug-likeness (QED) is 0.702. The predicted molar refractivity (Wildman–Crippen MR) is 60.5 cm³/mol. The fourth-order valence-corrected chi connectivity index (χ4v) is 1.53. The molecule has 0 N–H and O–H groups in total. The third-order valence-electron chi connectivity index (χ3n) is 2.50. The van der Waals surface area contributed by atoms with Crippen LogP contribution in [0.15, 0.2) is 30.5 Å². The Morgan fingerprint density at radius 3 is 2.73 bits per heavy atom. The van der Waals surface area contributed by atoms with Crippen LogP contribution in [0, 0.1) is 11.3 Å². The van der Waals surface area contributed by atoms with Gasteiger partial charge in [0.15, 0.2) is 0 Å². The van der Waals surface area contributed by atoms with Gasteiger partial charge in [-0.3, -0.25) is 4.98 Å². The van der Waals surface area contributed by atoms with E-state index >= 15 is 0 Å². The molecule has 0 fully saturated rings. The number of hydrogen-bond donors (Lipinski definition) is 0. The summed E-state index contributed by atoms with van der Waals surface area (Å²) in [5.74, 6) is 0.465. The minimum Gasteiger partial charge on any atom is -0.256 e. The monoisotopic (exact) mass is 196 g/mol. The van der Waals surface area contributed by atoms with Crippen molar-refractivity contribution in [3.8, 4) is 6.07 Å². The Morgan fingerprint density at radius 1 is 1.27 bits per heavy atom. The summed E-state index contributed by atoms with van der Waals surface area (Å²) in [5, 5.41) is 9.85. The molecule has 2 rings (SSSR count). The van der Waals surface area contributed by atoms with Crippen LogP contribution >= 0.6 is 0 Å². The molecule has 2 nitrogen and oxygen atoms in total. The maximum atomic E-state index is 8.81. The summed E-state index contributed by atoms with van der Waals surface area (Å²) in [4.78, 5) is 4.37. The highest BCUT2D eigenvalue weighted by atomic mass is 14.6. The van der Waals surface area contributed by atoms with Gasteiger partial charge in [0, 0.05) is 11.6 Å². The average molecular weight is 196 g/mol. The van der Waals surface area contributed by atoms with Crippen LogP contribution in [0.2, 0.25) is 0 Å². The van der Waals surface area contributed by atoms with Crippen molar-refractivity contribution >= 4 is 10.9 Å². The Morgan fingerprint density at radius 2 is 2.07 bits per heavy atom. The minimum atomic E-state index is 0.465. The molecule has 0 bridgehead atoms. The summed E-state index contributed by atoms with van der Waals surface area (Å²) in [5.41, 5.74) is 2.83. The zero-order valence-electron chi connectivity index (χ0n) is 8.86. The first kappa shape index (κ1) is 9.67. The van der Waals surface area contributed by atoms with Crippen LogP contribution in [0.25, 0.3) is 10.9 Å². The lowest BCUT2D eigenvalue weighted by atomic mass is 10.0. The highest BCUT2D eigenvalue weighted by molar-refractivity contribution is 5.80. The molecule has 15 heavy (non-hydrogen) atoms. The molecule has 0 atom stereocenters. The van der Waals surface area contributed by atoms with Crippen LogP contribution < -0.4 is 0 Å². The van der Waals surface area contributed by atoms with Gasteiger partial charge in [-0.25, -0.2) is 0 Å². The van der Waals surface area contributed by atoms with Crippen molar-refractivity contribution in [2.45, 2.75) is 19.8 Å². The molecule has 0 aliphatic carbocycles. The van der Waals surface area contributed by atoms with E-state index in [2.05, 4.69) is 31.0 Å². The summed E-state index contributed by atoms with van der Waals surface area (Å²) >= 11 is 0. The van der Waals surface area contributed by atoms with Crippen LogP contribution in [0.1, 0.15) is 30.9 Å². The molecule has 0 aliphatic rings. The van der Waals surface area contributed by atoms with Crippen molar-refractivity contribution in [3.05, 3.63) is 41.6 Å². The van der Waals surface area contributed by atoms with Gasteiger partial charge in [0.05, 0.1) is 17.1 Å². The van der Waals surface area contributed by atoms with Gasteiger partial charge in [-0.1, -0.05) is 13.8 Å². The standard InChI is InChI=1S/C13H12N2/c1-9(2)12-6-11-5-10(7-14)3-4-13(11)15-8-12/h3-6,8-9H,1-2H3. The van der Waals surface area contributed by atoms with Crippen LogP contribution in [0.4, 0.5) is 0 Å². The Labute approximate surface area is 89.2 Å². The third kappa shape index (κ3) is 1.82. The van der Waals surface area contributed by atoms with Crippen LogP contribution in [0.5, 0.6) is 0 Å². The molecule has 0 aliphatic heterocycles. The smallest absolute Gasteiger partial charge is 0.0991 e. The van der Waals surface area contributed by atoms with Gasteiger partial charge in [-0.15, -0.1) is 0 Å². The first-order valence-electron chi connectivity index (χ1n) is 5.00. The summed E-state index contributed by atoms with van der Waals surface area (Å²) in [6.45, 7) is 4.27. The van der Waals surface area contributed by atoms with Crippen molar-refractivity contribution in [3.63, 3.8) is 0 Å².